The molecule has 2 aromatic carbocycles. The summed E-state index contributed by atoms with van der Waals surface area (Å²) < 4.78 is 0. The fraction of sp³-hybridized carbons (Fsp3) is 0.333. The molecule has 0 spiro atoms. The summed E-state index contributed by atoms with van der Waals surface area (Å²) in [5.74, 6) is -0.207. The van der Waals surface area contributed by atoms with Gasteiger partial charge in [-0.15, -0.1) is 0 Å². The first-order chi connectivity index (χ1) is 12.6. The summed E-state index contributed by atoms with van der Waals surface area (Å²) in [5.41, 5.74) is 1.94. The van der Waals surface area contributed by atoms with E-state index in [1.165, 1.54) is 5.56 Å². The van der Waals surface area contributed by atoms with E-state index in [0.29, 0.717) is 11.6 Å². The van der Waals surface area contributed by atoms with Crippen LogP contribution in [-0.4, -0.2) is 29.8 Å². The van der Waals surface area contributed by atoms with E-state index >= 15 is 0 Å². The van der Waals surface area contributed by atoms with Gasteiger partial charge in [-0.2, -0.15) is 0 Å². The third-order valence-corrected chi connectivity index (χ3v) is 5.55. The van der Waals surface area contributed by atoms with E-state index in [-0.39, 0.29) is 30.2 Å². The van der Waals surface area contributed by atoms with Crippen molar-refractivity contribution >= 4 is 29.1 Å². The lowest BCUT2D eigenvalue weighted by molar-refractivity contribution is -0.136. The molecule has 5 heteroatoms. The van der Waals surface area contributed by atoms with Crippen molar-refractivity contribution in [1.29, 1.82) is 0 Å². The lowest BCUT2D eigenvalue weighted by Gasteiger charge is -2.27. The predicted octanol–water partition coefficient (Wildman–Crippen LogP) is 4.06. The maximum atomic E-state index is 13.1. The maximum Gasteiger partial charge on any atom is 0.228 e. The van der Waals surface area contributed by atoms with Gasteiger partial charge in [0, 0.05) is 30.2 Å². The molecule has 2 amide bonds. The Kier molecular flexibility index (Phi) is 4.68. The number of hydrogen-bond acceptors (Lipinski definition) is 2. The molecule has 4 rings (SSSR count). The van der Waals surface area contributed by atoms with Crippen LogP contribution in [0.1, 0.15) is 30.9 Å². The van der Waals surface area contributed by atoms with Crippen molar-refractivity contribution < 1.29 is 9.59 Å². The van der Waals surface area contributed by atoms with Gasteiger partial charge in [0.05, 0.1) is 12.0 Å². The lowest BCUT2D eigenvalue weighted by Crippen LogP contribution is -2.37. The first kappa shape index (κ1) is 17.1. The van der Waals surface area contributed by atoms with Crippen LogP contribution >= 0.6 is 11.6 Å². The Hall–Kier alpha value is -2.33. The molecule has 26 heavy (non-hydrogen) atoms. The molecule has 2 atom stereocenters. The lowest BCUT2D eigenvalue weighted by atomic mass is 10.0. The maximum absolute atomic E-state index is 13.1. The van der Waals surface area contributed by atoms with Crippen LogP contribution in [0.3, 0.4) is 0 Å². The Bertz CT molecular complexity index is 824. The molecule has 2 aromatic rings. The molecule has 2 saturated heterocycles. The highest BCUT2D eigenvalue weighted by atomic mass is 35.5. The van der Waals surface area contributed by atoms with Gasteiger partial charge in [-0.1, -0.05) is 48.0 Å². The minimum absolute atomic E-state index is 0.0129. The topological polar surface area (TPSA) is 40.6 Å². The molecule has 0 radical (unpaired) electrons. The molecule has 2 fully saturated rings. The van der Waals surface area contributed by atoms with Crippen molar-refractivity contribution in [2.45, 2.75) is 25.3 Å². The highest BCUT2D eigenvalue weighted by Crippen LogP contribution is 2.35. The number of likely N-dealkylation sites (tertiary alicyclic amines) is 1. The molecule has 0 N–H and O–H groups in total. The normalized spacial score (nSPS) is 22.9. The van der Waals surface area contributed by atoms with Crippen LogP contribution in [0.5, 0.6) is 0 Å². The average molecular weight is 369 g/mol. The fourth-order valence-electron chi connectivity index (χ4n) is 4.05. The van der Waals surface area contributed by atoms with Crippen LogP contribution in [-0.2, 0) is 9.59 Å². The van der Waals surface area contributed by atoms with Crippen molar-refractivity contribution in [3.8, 4) is 0 Å². The number of carbonyl (C=O) groups is 2. The number of amides is 2. The van der Waals surface area contributed by atoms with Crippen LogP contribution in [0, 0.1) is 5.92 Å². The molecule has 4 nitrogen and oxygen atoms in total. The molecule has 134 valence electrons. The minimum atomic E-state index is -0.286. The van der Waals surface area contributed by atoms with Crippen molar-refractivity contribution in [3.63, 3.8) is 0 Å². The monoisotopic (exact) mass is 368 g/mol. The number of hydrogen-bond donors (Lipinski definition) is 0. The summed E-state index contributed by atoms with van der Waals surface area (Å²) in [6, 6.07) is 17.5. The quantitative estimate of drug-likeness (QED) is 0.819. The van der Waals surface area contributed by atoms with Gasteiger partial charge in [0.2, 0.25) is 11.8 Å². The van der Waals surface area contributed by atoms with E-state index in [0.717, 1.165) is 25.1 Å². The average Bonchev–Trinajstić information content (AvgIpc) is 3.29. The molecular weight excluding hydrogens is 348 g/mol. The number of rotatable bonds is 3. The number of nitrogens with zero attached hydrogens (tertiary/aromatic N) is 2. The second kappa shape index (κ2) is 7.12. The van der Waals surface area contributed by atoms with Crippen molar-refractivity contribution in [3.05, 3.63) is 65.2 Å². The highest BCUT2D eigenvalue weighted by molar-refractivity contribution is 6.31. The molecule has 0 aliphatic carbocycles. The highest BCUT2D eigenvalue weighted by Gasteiger charge is 2.40. The van der Waals surface area contributed by atoms with Crippen LogP contribution < -0.4 is 4.90 Å². The van der Waals surface area contributed by atoms with E-state index in [2.05, 4.69) is 12.1 Å². The number of anilines is 1. The van der Waals surface area contributed by atoms with Crippen LogP contribution in [0.2, 0.25) is 5.02 Å². The Morgan fingerprint density at radius 1 is 1.08 bits per heavy atom. The Morgan fingerprint density at radius 2 is 1.88 bits per heavy atom. The van der Waals surface area contributed by atoms with Crippen LogP contribution in [0.4, 0.5) is 5.69 Å². The van der Waals surface area contributed by atoms with Crippen molar-refractivity contribution in [1.82, 2.24) is 4.90 Å². The molecule has 2 heterocycles. The summed E-state index contributed by atoms with van der Waals surface area (Å²) in [6.07, 6.45) is 2.25. The van der Waals surface area contributed by atoms with Gasteiger partial charge < -0.3 is 9.80 Å². The largest absolute Gasteiger partial charge is 0.335 e. The van der Waals surface area contributed by atoms with Gasteiger partial charge >= 0.3 is 0 Å². The third-order valence-electron chi connectivity index (χ3n) is 5.31. The van der Waals surface area contributed by atoms with Crippen LogP contribution in [0.25, 0.3) is 0 Å². The zero-order valence-electron chi connectivity index (χ0n) is 14.5. The van der Waals surface area contributed by atoms with Gasteiger partial charge in [0.15, 0.2) is 0 Å². The predicted molar refractivity (Wildman–Crippen MR) is 102 cm³/mol. The summed E-state index contributed by atoms with van der Waals surface area (Å²) in [6.45, 7) is 1.19. The number of carbonyl (C=O) groups excluding carboxylic acids is 2. The van der Waals surface area contributed by atoms with E-state index in [1.54, 1.807) is 17.0 Å². The van der Waals surface area contributed by atoms with Gasteiger partial charge in [-0.05, 0) is 36.6 Å². The summed E-state index contributed by atoms with van der Waals surface area (Å²) >= 11 is 6.05. The fourth-order valence-corrected chi connectivity index (χ4v) is 4.24. The first-order valence-corrected chi connectivity index (χ1v) is 9.42. The van der Waals surface area contributed by atoms with Gasteiger partial charge in [0.25, 0.3) is 0 Å². The second-order valence-corrected chi connectivity index (χ2v) is 7.42. The molecule has 0 bridgehead atoms. The smallest absolute Gasteiger partial charge is 0.228 e. The zero-order valence-corrected chi connectivity index (χ0v) is 15.2. The van der Waals surface area contributed by atoms with E-state index in [4.69, 9.17) is 11.6 Å². The molecular formula is C21H21ClN2O2. The Labute approximate surface area is 158 Å². The number of benzene rings is 2. The SMILES string of the molecule is O=C1CC(C(=O)N2CCCC2c2ccccc2)CN1c1cccc(Cl)c1. The molecule has 2 unspecified atom stereocenters. The molecule has 2 aliphatic heterocycles. The van der Waals surface area contributed by atoms with E-state index in [1.807, 2.05) is 35.2 Å². The minimum Gasteiger partial charge on any atom is -0.335 e. The summed E-state index contributed by atoms with van der Waals surface area (Å²) in [4.78, 5) is 29.3. The molecule has 0 saturated carbocycles. The third kappa shape index (κ3) is 3.21. The standard InChI is InChI=1S/C21H21ClN2O2/c22-17-8-4-9-18(13-17)24-14-16(12-20(24)25)21(26)23-11-5-10-19(23)15-6-2-1-3-7-15/h1-4,6-9,13,16,19H,5,10-12,14H2. The van der Waals surface area contributed by atoms with Crippen molar-refractivity contribution in [2.75, 3.05) is 18.0 Å². The second-order valence-electron chi connectivity index (χ2n) is 6.99. The Morgan fingerprint density at radius 3 is 2.65 bits per heavy atom. The van der Waals surface area contributed by atoms with Crippen LogP contribution in [0.15, 0.2) is 54.6 Å². The number of halogens is 1. The summed E-state index contributed by atoms with van der Waals surface area (Å²) in [5, 5.41) is 0.591. The Balaban J connectivity index is 1.51. The van der Waals surface area contributed by atoms with E-state index in [9.17, 15) is 9.59 Å². The molecule has 0 aromatic heterocycles. The van der Waals surface area contributed by atoms with Gasteiger partial charge in [-0.25, -0.2) is 0 Å². The van der Waals surface area contributed by atoms with Gasteiger partial charge in [0.1, 0.15) is 0 Å². The van der Waals surface area contributed by atoms with Crippen molar-refractivity contribution in [2.24, 2.45) is 5.92 Å². The van der Waals surface area contributed by atoms with Gasteiger partial charge in [-0.3, -0.25) is 9.59 Å². The van der Waals surface area contributed by atoms with E-state index < -0.39 is 0 Å². The molecule has 2 aliphatic rings. The summed E-state index contributed by atoms with van der Waals surface area (Å²) in [7, 11) is 0. The first-order valence-electron chi connectivity index (χ1n) is 9.05. The zero-order chi connectivity index (χ0) is 18.1.